The number of hydrogen-bond donors (Lipinski definition) is 1. The second kappa shape index (κ2) is 5.56. The van der Waals surface area contributed by atoms with E-state index in [0.29, 0.717) is 11.2 Å². The Kier molecular flexibility index (Phi) is 3.84. The quantitative estimate of drug-likeness (QED) is 0.700. The maximum absolute atomic E-state index is 11.9. The molecule has 2 nitrogen and oxygen atoms in total. The molecule has 132 valence electrons. The van der Waals surface area contributed by atoms with Crippen molar-refractivity contribution in [3.63, 3.8) is 0 Å². The molecule has 0 radical (unpaired) electrons. The number of rotatable bonds is 1. The lowest BCUT2D eigenvalue weighted by atomic mass is 9.47. The van der Waals surface area contributed by atoms with E-state index in [2.05, 4.69) is 20.8 Å². The zero-order valence-electron chi connectivity index (χ0n) is 15.5. The number of allylic oxidation sites excluding steroid dienone is 2. The summed E-state index contributed by atoms with van der Waals surface area (Å²) in [6.07, 6.45) is 11.3. The van der Waals surface area contributed by atoms with E-state index in [1.54, 1.807) is 5.57 Å². The topological polar surface area (TPSA) is 37.3 Å². The van der Waals surface area contributed by atoms with Crippen molar-refractivity contribution in [2.75, 3.05) is 6.61 Å². The average molecular weight is 328 g/mol. The number of carbonyl (C=O) groups is 1. The Morgan fingerprint density at radius 3 is 2.58 bits per heavy atom. The van der Waals surface area contributed by atoms with Gasteiger partial charge in [0.25, 0.3) is 0 Å². The normalized spacial score (nSPS) is 46.8. The van der Waals surface area contributed by atoms with E-state index in [1.165, 1.54) is 43.3 Å². The van der Waals surface area contributed by atoms with Crippen LogP contribution in [0.25, 0.3) is 0 Å². The van der Waals surface area contributed by atoms with Gasteiger partial charge in [-0.1, -0.05) is 25.0 Å². The summed E-state index contributed by atoms with van der Waals surface area (Å²) in [5.41, 5.74) is 4.85. The molecule has 0 aromatic rings. The lowest BCUT2D eigenvalue weighted by molar-refractivity contribution is -0.117. The summed E-state index contributed by atoms with van der Waals surface area (Å²) in [6, 6.07) is 0. The van der Waals surface area contributed by atoms with Gasteiger partial charge < -0.3 is 5.11 Å². The van der Waals surface area contributed by atoms with Crippen LogP contribution in [0.5, 0.6) is 0 Å². The predicted octanol–water partition coefficient (Wildman–Crippen LogP) is 4.83. The average Bonchev–Trinajstić information content (AvgIpc) is 2.92. The van der Waals surface area contributed by atoms with E-state index in [1.807, 2.05) is 6.08 Å². The van der Waals surface area contributed by atoms with Crippen LogP contribution in [0.2, 0.25) is 0 Å². The van der Waals surface area contributed by atoms with Gasteiger partial charge in [0, 0.05) is 6.42 Å². The number of fused-ring (bicyclic) bond motifs is 5. The number of aliphatic hydroxyl groups is 1. The highest BCUT2D eigenvalue weighted by Crippen LogP contribution is 2.66. The van der Waals surface area contributed by atoms with Crippen molar-refractivity contribution in [1.82, 2.24) is 0 Å². The van der Waals surface area contributed by atoms with Crippen LogP contribution in [0, 0.1) is 28.6 Å². The summed E-state index contributed by atoms with van der Waals surface area (Å²) >= 11 is 0. The van der Waals surface area contributed by atoms with Gasteiger partial charge in [0.05, 0.1) is 6.61 Å². The molecule has 1 N–H and O–H groups in total. The molecule has 0 bridgehead atoms. The van der Waals surface area contributed by atoms with Gasteiger partial charge in [-0.25, -0.2) is 0 Å². The van der Waals surface area contributed by atoms with Gasteiger partial charge in [-0.15, -0.1) is 0 Å². The van der Waals surface area contributed by atoms with Gasteiger partial charge in [0.2, 0.25) is 0 Å². The molecular weight excluding hydrogens is 296 g/mol. The molecule has 0 saturated heterocycles. The fourth-order valence-electron chi connectivity index (χ4n) is 7.17. The molecule has 24 heavy (non-hydrogen) atoms. The molecule has 0 amide bonds. The smallest absolute Gasteiger partial charge is 0.155 e. The van der Waals surface area contributed by atoms with Crippen molar-refractivity contribution in [2.24, 2.45) is 28.6 Å². The molecule has 2 heteroatoms. The van der Waals surface area contributed by atoms with Crippen LogP contribution in [0.4, 0.5) is 0 Å². The largest absolute Gasteiger partial charge is 0.392 e. The monoisotopic (exact) mass is 328 g/mol. The van der Waals surface area contributed by atoms with Crippen LogP contribution >= 0.6 is 0 Å². The summed E-state index contributed by atoms with van der Waals surface area (Å²) in [5.74, 6) is 2.70. The maximum atomic E-state index is 11.9. The molecule has 0 spiro atoms. The minimum atomic E-state index is 0.221. The van der Waals surface area contributed by atoms with Gasteiger partial charge in [0.1, 0.15) is 0 Å². The molecule has 0 aromatic carbocycles. The number of ketones is 1. The van der Waals surface area contributed by atoms with Gasteiger partial charge in [-0.2, -0.15) is 0 Å². The third-order valence-corrected chi connectivity index (χ3v) is 8.50. The number of aliphatic hydroxyl groups excluding tert-OH is 1. The number of carbonyl (C=O) groups excluding carboxylic acids is 1. The van der Waals surface area contributed by atoms with E-state index < -0.39 is 0 Å². The van der Waals surface area contributed by atoms with E-state index >= 15 is 0 Å². The molecule has 0 aromatic heterocycles. The van der Waals surface area contributed by atoms with Crippen molar-refractivity contribution >= 4 is 5.78 Å². The highest BCUT2D eigenvalue weighted by molar-refractivity contribution is 5.91. The Morgan fingerprint density at radius 2 is 1.83 bits per heavy atom. The Hall–Kier alpha value is -0.890. The molecule has 0 unspecified atom stereocenters. The second-order valence-electron chi connectivity index (χ2n) is 9.38. The Labute approximate surface area is 146 Å². The lowest BCUT2D eigenvalue weighted by Gasteiger charge is -2.57. The standard InChI is InChI=1S/C22H32O2/c1-14(13-23)18-6-7-19-17-5-4-15-12-16(24)8-10-21(15,2)20(17)9-11-22(18,19)3/h12,17,19-20,23H,4-11,13H2,1-3H3/b18-14+/t17-,19-,20-,21-,22+/m0/s1. The Balaban J connectivity index is 1.69. The molecule has 5 atom stereocenters. The van der Waals surface area contributed by atoms with Crippen LogP contribution in [0.1, 0.15) is 72.1 Å². The molecular formula is C22H32O2. The zero-order chi connectivity index (χ0) is 17.1. The lowest BCUT2D eigenvalue weighted by Crippen LogP contribution is -2.49. The van der Waals surface area contributed by atoms with Crippen LogP contribution < -0.4 is 0 Å². The third-order valence-electron chi connectivity index (χ3n) is 8.50. The molecule has 0 aliphatic heterocycles. The summed E-state index contributed by atoms with van der Waals surface area (Å²) in [6.45, 7) is 7.28. The minimum Gasteiger partial charge on any atom is -0.392 e. The van der Waals surface area contributed by atoms with Crippen molar-refractivity contribution in [1.29, 1.82) is 0 Å². The minimum absolute atomic E-state index is 0.221. The van der Waals surface area contributed by atoms with Crippen LogP contribution in [-0.4, -0.2) is 17.5 Å². The molecule has 0 heterocycles. The summed E-state index contributed by atoms with van der Waals surface area (Å²) < 4.78 is 0. The summed E-state index contributed by atoms with van der Waals surface area (Å²) in [4.78, 5) is 11.9. The Morgan fingerprint density at radius 1 is 1.08 bits per heavy atom. The van der Waals surface area contributed by atoms with E-state index in [9.17, 15) is 9.90 Å². The van der Waals surface area contributed by atoms with Crippen LogP contribution in [0.3, 0.4) is 0 Å². The second-order valence-corrected chi connectivity index (χ2v) is 9.38. The van der Waals surface area contributed by atoms with Gasteiger partial charge in [0.15, 0.2) is 5.78 Å². The molecule has 4 rings (SSSR count). The highest BCUT2D eigenvalue weighted by atomic mass is 16.3. The maximum Gasteiger partial charge on any atom is 0.155 e. The molecule has 3 fully saturated rings. The van der Waals surface area contributed by atoms with Crippen molar-refractivity contribution in [3.8, 4) is 0 Å². The van der Waals surface area contributed by atoms with Crippen molar-refractivity contribution in [2.45, 2.75) is 72.1 Å². The van der Waals surface area contributed by atoms with Gasteiger partial charge >= 0.3 is 0 Å². The third kappa shape index (κ3) is 2.14. The first-order valence-electron chi connectivity index (χ1n) is 9.94. The molecule has 3 saturated carbocycles. The SMILES string of the molecule is C/C(CO)=C1/CC[C@H]2[C@@H]3CCC4=CC(=O)CC[C@]4(C)[C@H]3CC[C@]12C. The van der Waals surface area contributed by atoms with Crippen molar-refractivity contribution < 1.29 is 9.90 Å². The summed E-state index contributed by atoms with van der Waals surface area (Å²) in [7, 11) is 0. The first-order valence-corrected chi connectivity index (χ1v) is 9.94. The van der Waals surface area contributed by atoms with Gasteiger partial charge in [-0.05, 0) is 92.1 Å². The number of hydrogen-bond acceptors (Lipinski definition) is 2. The summed E-state index contributed by atoms with van der Waals surface area (Å²) in [5, 5.41) is 9.66. The van der Waals surface area contributed by atoms with E-state index in [4.69, 9.17) is 0 Å². The van der Waals surface area contributed by atoms with Crippen LogP contribution in [-0.2, 0) is 4.79 Å². The van der Waals surface area contributed by atoms with Crippen LogP contribution in [0.15, 0.2) is 22.8 Å². The first kappa shape index (κ1) is 16.6. The molecule has 4 aliphatic carbocycles. The Bertz CT molecular complexity index is 628. The highest BCUT2D eigenvalue weighted by Gasteiger charge is 2.57. The molecule has 4 aliphatic rings. The fourth-order valence-corrected chi connectivity index (χ4v) is 7.17. The van der Waals surface area contributed by atoms with Crippen molar-refractivity contribution in [3.05, 3.63) is 22.8 Å². The van der Waals surface area contributed by atoms with Gasteiger partial charge in [-0.3, -0.25) is 4.79 Å². The predicted molar refractivity (Wildman–Crippen MR) is 96.5 cm³/mol. The zero-order valence-corrected chi connectivity index (χ0v) is 15.5. The first-order chi connectivity index (χ1) is 11.4. The fraction of sp³-hybridized carbons (Fsp3) is 0.773. The van der Waals surface area contributed by atoms with E-state index in [0.717, 1.165) is 37.0 Å². The van der Waals surface area contributed by atoms with E-state index in [-0.39, 0.29) is 12.0 Å².